The molecule has 0 spiro atoms. The molecule has 1 aliphatic heterocycles. The zero-order chi connectivity index (χ0) is 30.3. The van der Waals surface area contributed by atoms with E-state index in [0.717, 1.165) is 34.0 Å². The topological polar surface area (TPSA) is 104 Å². The largest absolute Gasteiger partial charge is 0.497 e. The first-order valence-corrected chi connectivity index (χ1v) is 14.6. The number of benzene rings is 3. The molecule has 0 aliphatic carbocycles. The van der Waals surface area contributed by atoms with Gasteiger partial charge in [0.2, 0.25) is 0 Å². The van der Waals surface area contributed by atoms with E-state index in [1.165, 1.54) is 5.56 Å². The first kappa shape index (κ1) is 28.8. The Kier molecular flexibility index (Phi) is 8.72. The molecular formula is C35H34N6O3. The fourth-order valence-corrected chi connectivity index (χ4v) is 5.55. The standard InChI is InChI=1S/C35H34N6O3/c1-43-27-17-16-25(32(21-27)44-2)23-41-33(18-15-24-10-4-3-5-11-24)39-40-34(41)31(38-35(42)30-14-8-9-19-36-30)20-26-22-37-29-13-7-6-12-28(26)29/h3-14,16-17,19,21,31H,15,18,20,22-23H2,1-2H3,(H,38,42)/t31-/m0/s1. The molecule has 9 heteroatoms. The SMILES string of the molecule is COc1ccc(Cn2c(CCc3ccccc3)nnc2[C@H](CC2=c3ccccc3=NC2)NC(=O)c2ccccn2)c(OC)c1. The number of para-hydroxylation sites is 1. The summed E-state index contributed by atoms with van der Waals surface area (Å²) in [5.74, 6) is 2.61. The number of rotatable bonds is 12. The normalized spacial score (nSPS) is 12.7. The average Bonchev–Trinajstić information content (AvgIpc) is 3.68. The number of fused-ring (bicyclic) bond motifs is 1. The van der Waals surface area contributed by atoms with E-state index in [0.29, 0.717) is 48.9 Å². The van der Waals surface area contributed by atoms with Gasteiger partial charge in [-0.25, -0.2) is 0 Å². The van der Waals surface area contributed by atoms with Crippen LogP contribution in [0.15, 0.2) is 102 Å². The van der Waals surface area contributed by atoms with E-state index in [-0.39, 0.29) is 5.91 Å². The second-order valence-electron chi connectivity index (χ2n) is 10.6. The maximum atomic E-state index is 13.5. The molecule has 5 aromatic rings. The summed E-state index contributed by atoms with van der Waals surface area (Å²) in [6, 6.07) is 29.0. The predicted octanol–water partition coefficient (Wildman–Crippen LogP) is 3.87. The Morgan fingerprint density at radius 3 is 2.52 bits per heavy atom. The summed E-state index contributed by atoms with van der Waals surface area (Å²) in [4.78, 5) is 22.5. The van der Waals surface area contributed by atoms with Crippen molar-refractivity contribution in [2.45, 2.75) is 31.8 Å². The average molecular weight is 587 g/mol. The number of hydrogen-bond acceptors (Lipinski definition) is 7. The molecule has 9 nitrogen and oxygen atoms in total. The molecule has 6 rings (SSSR count). The van der Waals surface area contributed by atoms with E-state index >= 15 is 0 Å². The van der Waals surface area contributed by atoms with Crippen molar-refractivity contribution in [2.75, 3.05) is 20.8 Å². The third kappa shape index (κ3) is 6.36. The molecule has 222 valence electrons. The number of carbonyl (C=O) groups excluding carboxylic acids is 1. The van der Waals surface area contributed by atoms with Gasteiger partial charge in [0.25, 0.3) is 5.91 Å². The molecule has 0 unspecified atom stereocenters. The van der Waals surface area contributed by atoms with Gasteiger partial charge < -0.3 is 19.4 Å². The number of nitrogens with one attached hydrogen (secondary N) is 1. The number of carbonyl (C=O) groups is 1. The molecule has 1 aliphatic rings. The van der Waals surface area contributed by atoms with Gasteiger partial charge in [-0.2, -0.15) is 0 Å². The number of pyridine rings is 1. The molecule has 2 aromatic heterocycles. The Morgan fingerprint density at radius 2 is 1.73 bits per heavy atom. The number of hydrogen-bond donors (Lipinski definition) is 1. The highest BCUT2D eigenvalue weighted by Crippen LogP contribution is 2.29. The summed E-state index contributed by atoms with van der Waals surface area (Å²) in [6.45, 7) is 1.02. The van der Waals surface area contributed by atoms with Crippen LogP contribution in [0.1, 0.15) is 45.7 Å². The van der Waals surface area contributed by atoms with Gasteiger partial charge in [-0.15, -0.1) is 10.2 Å². The monoisotopic (exact) mass is 586 g/mol. The van der Waals surface area contributed by atoms with Crippen molar-refractivity contribution in [3.05, 3.63) is 136 Å². The van der Waals surface area contributed by atoms with Crippen LogP contribution in [0.3, 0.4) is 0 Å². The molecule has 1 amide bonds. The highest BCUT2D eigenvalue weighted by atomic mass is 16.5. The maximum Gasteiger partial charge on any atom is 0.270 e. The van der Waals surface area contributed by atoms with Crippen molar-refractivity contribution >= 4 is 11.5 Å². The second-order valence-corrected chi connectivity index (χ2v) is 10.6. The lowest BCUT2D eigenvalue weighted by atomic mass is 10.0. The number of aromatic nitrogens is 4. The third-order valence-electron chi connectivity index (χ3n) is 7.85. The van der Waals surface area contributed by atoms with Gasteiger partial charge in [0.15, 0.2) is 5.82 Å². The number of nitrogens with zero attached hydrogens (tertiary/aromatic N) is 5. The molecule has 0 saturated heterocycles. The minimum absolute atomic E-state index is 0.276. The zero-order valence-electron chi connectivity index (χ0n) is 24.8. The maximum absolute atomic E-state index is 13.5. The minimum Gasteiger partial charge on any atom is -0.497 e. The van der Waals surface area contributed by atoms with E-state index in [1.807, 2.05) is 54.6 Å². The summed E-state index contributed by atoms with van der Waals surface area (Å²) in [7, 11) is 3.28. The Morgan fingerprint density at radius 1 is 0.909 bits per heavy atom. The van der Waals surface area contributed by atoms with Gasteiger partial charge in [-0.05, 0) is 54.3 Å². The number of amides is 1. The molecule has 3 aromatic carbocycles. The van der Waals surface area contributed by atoms with Crippen LogP contribution < -0.4 is 25.4 Å². The lowest BCUT2D eigenvalue weighted by molar-refractivity contribution is 0.0929. The van der Waals surface area contributed by atoms with Gasteiger partial charge in [-0.1, -0.05) is 54.6 Å². The van der Waals surface area contributed by atoms with Crippen LogP contribution in [0, 0.1) is 0 Å². The van der Waals surface area contributed by atoms with Crippen LogP contribution in [-0.2, 0) is 19.4 Å². The second kappa shape index (κ2) is 13.3. The Hall–Kier alpha value is -5.31. The summed E-state index contributed by atoms with van der Waals surface area (Å²) < 4.78 is 13.3. The summed E-state index contributed by atoms with van der Waals surface area (Å²) in [5, 5.41) is 14.7. The fraction of sp³-hybridized carbons (Fsp3) is 0.229. The van der Waals surface area contributed by atoms with Crippen molar-refractivity contribution in [3.63, 3.8) is 0 Å². The number of methoxy groups -OCH3 is 2. The van der Waals surface area contributed by atoms with E-state index in [2.05, 4.69) is 38.2 Å². The molecule has 0 radical (unpaired) electrons. The molecule has 0 bridgehead atoms. The van der Waals surface area contributed by atoms with Gasteiger partial charge in [0.05, 0.1) is 38.7 Å². The fourth-order valence-electron chi connectivity index (χ4n) is 5.55. The molecule has 1 N–H and O–H groups in total. The minimum atomic E-state index is -0.483. The van der Waals surface area contributed by atoms with E-state index in [1.54, 1.807) is 38.6 Å². The Balaban J connectivity index is 1.42. The van der Waals surface area contributed by atoms with Crippen molar-refractivity contribution in [2.24, 2.45) is 4.99 Å². The zero-order valence-corrected chi connectivity index (χ0v) is 24.8. The van der Waals surface area contributed by atoms with Crippen LogP contribution in [-0.4, -0.2) is 46.4 Å². The predicted molar refractivity (Wildman–Crippen MR) is 167 cm³/mol. The van der Waals surface area contributed by atoms with Gasteiger partial charge in [-0.3, -0.25) is 14.8 Å². The lowest BCUT2D eigenvalue weighted by Crippen LogP contribution is -2.33. The number of ether oxygens (including phenoxy) is 2. The molecule has 3 heterocycles. The molecule has 0 saturated carbocycles. The summed E-state index contributed by atoms with van der Waals surface area (Å²) >= 11 is 0. The van der Waals surface area contributed by atoms with Crippen LogP contribution in [0.25, 0.3) is 5.57 Å². The van der Waals surface area contributed by atoms with Crippen LogP contribution in [0.4, 0.5) is 0 Å². The molecule has 44 heavy (non-hydrogen) atoms. The molecule has 1 atom stereocenters. The van der Waals surface area contributed by atoms with Crippen LogP contribution in [0.2, 0.25) is 0 Å². The van der Waals surface area contributed by atoms with E-state index in [4.69, 9.17) is 19.6 Å². The first-order chi connectivity index (χ1) is 21.6. The van der Waals surface area contributed by atoms with E-state index in [9.17, 15) is 4.79 Å². The van der Waals surface area contributed by atoms with Crippen molar-refractivity contribution in [1.82, 2.24) is 25.1 Å². The van der Waals surface area contributed by atoms with Crippen molar-refractivity contribution < 1.29 is 14.3 Å². The van der Waals surface area contributed by atoms with Crippen molar-refractivity contribution in [1.29, 1.82) is 0 Å². The highest BCUT2D eigenvalue weighted by molar-refractivity contribution is 5.92. The molecule has 0 fully saturated rings. The third-order valence-corrected chi connectivity index (χ3v) is 7.85. The lowest BCUT2D eigenvalue weighted by Gasteiger charge is -2.21. The first-order valence-electron chi connectivity index (χ1n) is 14.6. The van der Waals surface area contributed by atoms with Crippen LogP contribution in [0.5, 0.6) is 11.5 Å². The molecular weight excluding hydrogens is 552 g/mol. The Bertz CT molecular complexity index is 1870. The van der Waals surface area contributed by atoms with Crippen LogP contribution >= 0.6 is 0 Å². The summed E-state index contributed by atoms with van der Waals surface area (Å²) in [6.07, 6.45) is 3.61. The quantitative estimate of drug-likeness (QED) is 0.238. The van der Waals surface area contributed by atoms with E-state index < -0.39 is 6.04 Å². The van der Waals surface area contributed by atoms with Gasteiger partial charge >= 0.3 is 0 Å². The summed E-state index contributed by atoms with van der Waals surface area (Å²) in [5.41, 5.74) is 3.63. The Labute approximate surface area is 255 Å². The smallest absolute Gasteiger partial charge is 0.270 e. The van der Waals surface area contributed by atoms with Gasteiger partial charge in [0, 0.05) is 29.5 Å². The highest BCUT2D eigenvalue weighted by Gasteiger charge is 2.27. The van der Waals surface area contributed by atoms with Crippen molar-refractivity contribution in [3.8, 4) is 11.5 Å². The number of aryl methyl sites for hydroxylation is 2. The van der Waals surface area contributed by atoms with Gasteiger partial charge in [0.1, 0.15) is 23.0 Å².